The van der Waals surface area contributed by atoms with Crippen molar-refractivity contribution in [1.29, 1.82) is 0 Å². The maximum Gasteiger partial charge on any atom is 0.177 e. The first-order valence-corrected chi connectivity index (χ1v) is 6.10. The van der Waals surface area contributed by atoms with Crippen LogP contribution in [0.3, 0.4) is 0 Å². The lowest BCUT2D eigenvalue weighted by atomic mass is 10.1. The monoisotopic (exact) mass is 209 g/mol. The zero-order chi connectivity index (χ0) is 10.4. The summed E-state index contributed by atoms with van der Waals surface area (Å²) in [5.74, 6) is 0. The molecule has 0 fully saturated rings. The Labute approximate surface area is 83.0 Å². The standard InChI is InChI=1S/C9H21N.H3O2P/c1-2-3-4-5-6-7-8-9-10;1-3-2/h2-10H2,1H3;3H2,(H,1,2). The lowest BCUT2D eigenvalue weighted by molar-refractivity contribution is 0.524. The Hall–Kier alpha value is 0.150. The largest absolute Gasteiger partial charge is 0.348 e. The fraction of sp³-hybridized carbons (Fsp3) is 1.00. The predicted molar refractivity (Wildman–Crippen MR) is 59.7 cm³/mol. The molecule has 1 atom stereocenters. The van der Waals surface area contributed by atoms with Crippen molar-refractivity contribution in [3.05, 3.63) is 0 Å². The molecule has 0 radical (unpaired) electrons. The zero-order valence-corrected chi connectivity index (χ0v) is 9.82. The van der Waals surface area contributed by atoms with E-state index in [0.717, 1.165) is 6.54 Å². The summed E-state index contributed by atoms with van der Waals surface area (Å²) in [7, 11) is -1.50. The maximum atomic E-state index is 8.57. The minimum Gasteiger partial charge on any atom is -0.348 e. The number of rotatable bonds is 7. The fourth-order valence-electron chi connectivity index (χ4n) is 1.10. The Bertz CT molecular complexity index is 83.7. The van der Waals surface area contributed by atoms with Gasteiger partial charge in [-0.2, -0.15) is 0 Å². The molecule has 0 aromatic rings. The van der Waals surface area contributed by atoms with Gasteiger partial charge in [-0.25, -0.2) is 0 Å². The summed E-state index contributed by atoms with van der Waals surface area (Å²) >= 11 is 0. The van der Waals surface area contributed by atoms with Crippen LogP contribution in [-0.2, 0) is 4.57 Å². The van der Waals surface area contributed by atoms with Gasteiger partial charge >= 0.3 is 0 Å². The summed E-state index contributed by atoms with van der Waals surface area (Å²) in [6, 6.07) is 0. The Morgan fingerprint density at radius 3 is 1.85 bits per heavy atom. The Kier molecular flexibility index (Phi) is 21.7. The predicted octanol–water partition coefficient (Wildman–Crippen LogP) is 2.35. The molecular weight excluding hydrogens is 185 g/mol. The first-order chi connectivity index (χ1) is 6.33. The van der Waals surface area contributed by atoms with E-state index in [0.29, 0.717) is 0 Å². The van der Waals surface area contributed by atoms with Crippen molar-refractivity contribution in [2.45, 2.75) is 51.9 Å². The molecule has 0 aromatic carbocycles. The van der Waals surface area contributed by atoms with Crippen molar-refractivity contribution in [2.75, 3.05) is 6.54 Å². The number of nitrogens with two attached hydrogens (primary N) is 1. The van der Waals surface area contributed by atoms with Crippen LogP contribution in [0.25, 0.3) is 0 Å². The third-order valence-electron chi connectivity index (χ3n) is 1.81. The van der Waals surface area contributed by atoms with Crippen LogP contribution in [0.4, 0.5) is 0 Å². The van der Waals surface area contributed by atoms with Crippen molar-refractivity contribution in [2.24, 2.45) is 5.73 Å². The second-order valence-electron chi connectivity index (χ2n) is 3.02. The van der Waals surface area contributed by atoms with Crippen molar-refractivity contribution < 1.29 is 9.46 Å². The molecule has 0 saturated heterocycles. The van der Waals surface area contributed by atoms with Crippen LogP contribution in [0.5, 0.6) is 0 Å². The molecule has 13 heavy (non-hydrogen) atoms. The van der Waals surface area contributed by atoms with Crippen LogP contribution in [-0.4, -0.2) is 11.4 Å². The lowest BCUT2D eigenvalue weighted by Crippen LogP contribution is -1.97. The number of hydrogen-bond donors (Lipinski definition) is 2. The normalized spacial score (nSPS) is 10.1. The van der Waals surface area contributed by atoms with E-state index in [1.165, 1.54) is 44.9 Å². The Morgan fingerprint density at radius 1 is 1.08 bits per heavy atom. The van der Waals surface area contributed by atoms with Crippen LogP contribution in [0.15, 0.2) is 0 Å². The van der Waals surface area contributed by atoms with Crippen molar-refractivity contribution >= 4 is 8.69 Å². The molecule has 0 spiro atoms. The lowest BCUT2D eigenvalue weighted by Gasteiger charge is -1.97. The molecule has 3 nitrogen and oxygen atoms in total. The van der Waals surface area contributed by atoms with Gasteiger partial charge in [-0.1, -0.05) is 45.4 Å². The number of unbranched alkanes of at least 4 members (excludes halogenated alkanes) is 6. The summed E-state index contributed by atoms with van der Waals surface area (Å²) in [6.45, 7) is 3.12. The van der Waals surface area contributed by atoms with Crippen molar-refractivity contribution in [1.82, 2.24) is 0 Å². The minimum absolute atomic E-state index is 0.869. The SMILES string of the molecule is CCCCCCCCCN.O=[PH2]O. The average molecular weight is 209 g/mol. The second-order valence-corrected chi connectivity index (χ2v) is 3.23. The van der Waals surface area contributed by atoms with Gasteiger partial charge in [-0.3, -0.25) is 4.57 Å². The summed E-state index contributed by atoms with van der Waals surface area (Å²) in [5, 5.41) is 0. The van der Waals surface area contributed by atoms with E-state index < -0.39 is 8.69 Å². The molecule has 0 saturated carbocycles. The highest BCUT2D eigenvalue weighted by Crippen LogP contribution is 2.05. The first kappa shape index (κ1) is 15.6. The fourth-order valence-corrected chi connectivity index (χ4v) is 1.10. The second kappa shape index (κ2) is 18.0. The topological polar surface area (TPSA) is 63.3 Å². The molecule has 0 heterocycles. The molecule has 0 amide bonds. The molecule has 0 aliphatic carbocycles. The van der Waals surface area contributed by atoms with E-state index in [9.17, 15) is 0 Å². The molecular formula is C9H24NO2P. The highest BCUT2D eigenvalue weighted by molar-refractivity contribution is 7.16. The van der Waals surface area contributed by atoms with Gasteiger partial charge in [-0.05, 0) is 13.0 Å². The van der Waals surface area contributed by atoms with Gasteiger partial charge in [0.25, 0.3) is 0 Å². The van der Waals surface area contributed by atoms with E-state index in [1.54, 1.807) is 0 Å². The van der Waals surface area contributed by atoms with Gasteiger partial charge < -0.3 is 10.6 Å². The maximum absolute atomic E-state index is 8.57. The molecule has 1 unspecified atom stereocenters. The number of hydrogen-bond acceptors (Lipinski definition) is 2. The smallest absolute Gasteiger partial charge is 0.177 e. The third kappa shape index (κ3) is 24.5. The minimum atomic E-state index is -1.50. The summed E-state index contributed by atoms with van der Waals surface area (Å²) in [4.78, 5) is 7.10. The molecule has 0 aliphatic heterocycles. The quantitative estimate of drug-likeness (QED) is 0.499. The van der Waals surface area contributed by atoms with E-state index in [-0.39, 0.29) is 0 Å². The van der Waals surface area contributed by atoms with E-state index in [4.69, 9.17) is 15.2 Å². The van der Waals surface area contributed by atoms with Gasteiger partial charge in [0.1, 0.15) is 0 Å². The first-order valence-electron chi connectivity index (χ1n) is 5.11. The van der Waals surface area contributed by atoms with Crippen molar-refractivity contribution in [3.8, 4) is 0 Å². The third-order valence-corrected chi connectivity index (χ3v) is 1.81. The van der Waals surface area contributed by atoms with E-state index in [2.05, 4.69) is 6.92 Å². The van der Waals surface area contributed by atoms with Gasteiger partial charge in [-0.15, -0.1) is 0 Å². The van der Waals surface area contributed by atoms with Crippen LogP contribution < -0.4 is 5.73 Å². The zero-order valence-electron chi connectivity index (χ0n) is 8.67. The molecule has 4 heteroatoms. The van der Waals surface area contributed by atoms with Gasteiger partial charge in [0, 0.05) is 0 Å². The summed E-state index contributed by atoms with van der Waals surface area (Å²) in [6.07, 6.45) is 9.51. The Balaban J connectivity index is 0. The van der Waals surface area contributed by atoms with E-state index >= 15 is 0 Å². The highest BCUT2D eigenvalue weighted by atomic mass is 31.1. The average Bonchev–Trinajstić information content (AvgIpc) is 2.13. The van der Waals surface area contributed by atoms with Gasteiger partial charge in [0.05, 0.1) is 0 Å². The highest BCUT2D eigenvalue weighted by Gasteiger charge is 1.87. The molecule has 3 N–H and O–H groups in total. The van der Waals surface area contributed by atoms with E-state index in [1.807, 2.05) is 0 Å². The van der Waals surface area contributed by atoms with Gasteiger partial charge in [0.15, 0.2) is 8.69 Å². The molecule has 0 aromatic heterocycles. The summed E-state index contributed by atoms with van der Waals surface area (Å²) in [5.41, 5.74) is 5.37. The van der Waals surface area contributed by atoms with Crippen LogP contribution in [0.2, 0.25) is 0 Å². The molecule has 0 bridgehead atoms. The van der Waals surface area contributed by atoms with Gasteiger partial charge in [0.2, 0.25) is 0 Å². The van der Waals surface area contributed by atoms with Crippen LogP contribution in [0.1, 0.15) is 51.9 Å². The van der Waals surface area contributed by atoms with Crippen LogP contribution >= 0.6 is 8.69 Å². The molecule has 0 aliphatic rings. The van der Waals surface area contributed by atoms with Crippen LogP contribution in [0, 0.1) is 0 Å². The van der Waals surface area contributed by atoms with Crippen molar-refractivity contribution in [3.63, 3.8) is 0 Å². The molecule has 0 rings (SSSR count). The molecule has 82 valence electrons. The summed E-state index contributed by atoms with van der Waals surface area (Å²) < 4.78 is 8.57. The Morgan fingerprint density at radius 2 is 1.46 bits per heavy atom.